The molecule has 0 aromatic rings. The largest absolute Gasteiger partial charge is 0.393 e. The summed E-state index contributed by atoms with van der Waals surface area (Å²) in [6.45, 7) is 12.9. The summed E-state index contributed by atoms with van der Waals surface area (Å²) < 4.78 is 5.85. The maximum absolute atomic E-state index is 11.0. The lowest BCUT2D eigenvalue weighted by atomic mass is 9.42. The first kappa shape index (κ1) is 25.2. The van der Waals surface area contributed by atoms with Gasteiger partial charge in [0.2, 0.25) is 0 Å². The second-order valence-electron chi connectivity index (χ2n) is 14.0. The van der Waals surface area contributed by atoms with E-state index >= 15 is 0 Å². The summed E-state index contributed by atoms with van der Waals surface area (Å²) in [6.07, 6.45) is 8.23. The molecule has 0 aromatic carbocycles. The van der Waals surface area contributed by atoms with Crippen molar-refractivity contribution in [2.45, 2.75) is 123 Å². The van der Waals surface area contributed by atoms with Gasteiger partial charge in [0.15, 0.2) is 6.29 Å². The van der Waals surface area contributed by atoms with Crippen LogP contribution < -0.4 is 0 Å². The molecule has 1 aliphatic heterocycles. The molecule has 3 saturated carbocycles. The first-order valence-electron chi connectivity index (χ1n) is 13.9. The summed E-state index contributed by atoms with van der Waals surface area (Å²) in [7, 11) is 0. The van der Waals surface area contributed by atoms with Gasteiger partial charge in [0.25, 0.3) is 0 Å². The molecule has 0 aromatic heterocycles. The van der Waals surface area contributed by atoms with Crippen LogP contribution in [0.25, 0.3) is 0 Å². The van der Waals surface area contributed by atoms with Gasteiger partial charge >= 0.3 is 0 Å². The molecule has 5 nitrogen and oxygen atoms in total. The molecule has 194 valence electrons. The van der Waals surface area contributed by atoms with Crippen molar-refractivity contribution in [2.75, 3.05) is 0 Å². The standard InChI is InChI=1S/C29H48O5/c1-16-18-7-8-21-20(27(18,4)12-11-22(16)30)10-14-28(5)19(9-13-29(21,28)6)17-15-23(34-25(17)32)24(31)26(2,3)33/h8,16-20,22-25,30-33H,7,9-15H2,1-6H3/t16-,17+,18+,19+,20+,22-,23-,24-,25-,27+,28+,29-/m1/s1. The molecule has 34 heavy (non-hydrogen) atoms. The summed E-state index contributed by atoms with van der Waals surface area (Å²) in [5.74, 6) is 1.84. The summed E-state index contributed by atoms with van der Waals surface area (Å²) >= 11 is 0. The lowest BCUT2D eigenvalue weighted by Crippen LogP contribution is -2.55. The van der Waals surface area contributed by atoms with E-state index < -0.39 is 24.1 Å². The van der Waals surface area contributed by atoms with Crippen LogP contribution in [0.5, 0.6) is 0 Å². The van der Waals surface area contributed by atoms with Gasteiger partial charge in [-0.3, -0.25) is 0 Å². The normalized spacial score (nSPS) is 54.1. The molecular formula is C29H48O5. The highest BCUT2D eigenvalue weighted by atomic mass is 16.6. The third-order valence-corrected chi connectivity index (χ3v) is 12.2. The molecule has 0 unspecified atom stereocenters. The Morgan fingerprint density at radius 1 is 1.03 bits per heavy atom. The fourth-order valence-corrected chi connectivity index (χ4v) is 9.80. The Balaban J connectivity index is 1.42. The minimum Gasteiger partial charge on any atom is -0.393 e. The zero-order chi connectivity index (χ0) is 24.8. The van der Waals surface area contributed by atoms with E-state index in [1.807, 2.05) is 0 Å². The minimum absolute atomic E-state index is 0.0113. The molecule has 0 bridgehead atoms. The van der Waals surface area contributed by atoms with Gasteiger partial charge in [-0.05, 0) is 105 Å². The first-order valence-corrected chi connectivity index (χ1v) is 13.9. The first-order chi connectivity index (χ1) is 15.7. The summed E-state index contributed by atoms with van der Waals surface area (Å²) in [6, 6.07) is 0. The van der Waals surface area contributed by atoms with Crippen LogP contribution in [-0.4, -0.2) is 50.6 Å². The van der Waals surface area contributed by atoms with E-state index in [2.05, 4.69) is 33.8 Å². The number of aliphatic hydroxyl groups is 4. The van der Waals surface area contributed by atoms with Gasteiger partial charge in [-0.15, -0.1) is 0 Å². The second kappa shape index (κ2) is 8.02. The number of hydrogen-bond donors (Lipinski definition) is 4. The zero-order valence-corrected chi connectivity index (χ0v) is 22.1. The van der Waals surface area contributed by atoms with Crippen LogP contribution in [0.4, 0.5) is 0 Å². The molecule has 12 atom stereocenters. The maximum Gasteiger partial charge on any atom is 0.158 e. The number of allylic oxidation sites excluding steroid dienone is 2. The van der Waals surface area contributed by atoms with Gasteiger partial charge in [0, 0.05) is 5.92 Å². The zero-order valence-electron chi connectivity index (χ0n) is 22.1. The molecule has 5 heteroatoms. The maximum atomic E-state index is 11.0. The fraction of sp³-hybridized carbons (Fsp3) is 0.931. The van der Waals surface area contributed by atoms with Crippen molar-refractivity contribution in [1.82, 2.24) is 0 Å². The Bertz CT molecular complexity index is 833. The Labute approximate surface area is 206 Å². The van der Waals surface area contributed by atoms with Crippen molar-refractivity contribution in [3.8, 4) is 0 Å². The number of aliphatic hydroxyl groups excluding tert-OH is 3. The highest BCUT2D eigenvalue weighted by molar-refractivity contribution is 5.33. The van der Waals surface area contributed by atoms with Gasteiger partial charge in [-0.2, -0.15) is 0 Å². The van der Waals surface area contributed by atoms with Crippen molar-refractivity contribution in [2.24, 2.45) is 45.8 Å². The van der Waals surface area contributed by atoms with E-state index in [0.29, 0.717) is 30.1 Å². The molecule has 4 N–H and O–H groups in total. The highest BCUT2D eigenvalue weighted by Gasteiger charge is 2.65. The van der Waals surface area contributed by atoms with Crippen molar-refractivity contribution < 1.29 is 25.2 Å². The molecule has 4 fully saturated rings. The Morgan fingerprint density at radius 2 is 1.74 bits per heavy atom. The average Bonchev–Trinajstić information content (AvgIpc) is 3.26. The molecule has 1 saturated heterocycles. The van der Waals surface area contributed by atoms with Crippen LogP contribution in [0.3, 0.4) is 0 Å². The van der Waals surface area contributed by atoms with E-state index in [-0.39, 0.29) is 28.3 Å². The lowest BCUT2D eigenvalue weighted by Gasteiger charge is -2.62. The summed E-state index contributed by atoms with van der Waals surface area (Å²) in [4.78, 5) is 0. The van der Waals surface area contributed by atoms with E-state index in [4.69, 9.17) is 4.74 Å². The lowest BCUT2D eigenvalue weighted by molar-refractivity contribution is -0.172. The van der Waals surface area contributed by atoms with E-state index in [1.165, 1.54) is 6.42 Å². The number of fused-ring (bicyclic) bond motifs is 5. The summed E-state index contributed by atoms with van der Waals surface area (Å²) in [5, 5.41) is 42.5. The monoisotopic (exact) mass is 476 g/mol. The Morgan fingerprint density at radius 3 is 2.41 bits per heavy atom. The Kier molecular flexibility index (Phi) is 5.94. The van der Waals surface area contributed by atoms with Gasteiger partial charge in [0.05, 0.1) is 17.8 Å². The van der Waals surface area contributed by atoms with Crippen LogP contribution >= 0.6 is 0 Å². The molecular weight excluding hydrogens is 428 g/mol. The van der Waals surface area contributed by atoms with E-state index in [1.54, 1.807) is 19.4 Å². The van der Waals surface area contributed by atoms with E-state index in [9.17, 15) is 20.4 Å². The SMILES string of the molecule is C[C@H]1[C@H](O)CC[C@]2(C)[C@H]3CC[C@@]4(C)[C@H]([C@@H]5C[C@H]([C@@H](O)C(C)(C)O)O[C@H]5O)CC[C@]4(C)C3=CC[C@@H]12. The van der Waals surface area contributed by atoms with Gasteiger partial charge < -0.3 is 25.2 Å². The number of rotatable bonds is 3. The van der Waals surface area contributed by atoms with Crippen LogP contribution in [-0.2, 0) is 4.74 Å². The molecule has 0 amide bonds. The van der Waals surface area contributed by atoms with Crippen molar-refractivity contribution in [3.05, 3.63) is 11.6 Å². The Hall–Kier alpha value is -0.460. The van der Waals surface area contributed by atoms with Crippen molar-refractivity contribution >= 4 is 0 Å². The molecule has 0 radical (unpaired) electrons. The second-order valence-corrected chi connectivity index (χ2v) is 14.0. The molecule has 5 rings (SSSR count). The number of hydrogen-bond acceptors (Lipinski definition) is 5. The van der Waals surface area contributed by atoms with E-state index in [0.717, 1.165) is 38.5 Å². The molecule has 0 spiro atoms. The van der Waals surface area contributed by atoms with Crippen molar-refractivity contribution in [3.63, 3.8) is 0 Å². The fourth-order valence-electron chi connectivity index (χ4n) is 9.80. The van der Waals surface area contributed by atoms with Crippen LogP contribution in [0.1, 0.15) is 92.9 Å². The molecule has 1 heterocycles. The van der Waals surface area contributed by atoms with Gasteiger partial charge in [-0.1, -0.05) is 39.3 Å². The predicted octanol–water partition coefficient (Wildman–Crippen LogP) is 4.42. The van der Waals surface area contributed by atoms with Crippen LogP contribution in [0.15, 0.2) is 11.6 Å². The van der Waals surface area contributed by atoms with Gasteiger partial charge in [-0.25, -0.2) is 0 Å². The van der Waals surface area contributed by atoms with Crippen LogP contribution in [0, 0.1) is 45.8 Å². The third-order valence-electron chi connectivity index (χ3n) is 12.2. The van der Waals surface area contributed by atoms with Crippen LogP contribution in [0.2, 0.25) is 0 Å². The topological polar surface area (TPSA) is 90.2 Å². The third kappa shape index (κ3) is 3.36. The molecule has 5 aliphatic rings. The average molecular weight is 477 g/mol. The quantitative estimate of drug-likeness (QED) is 0.453. The summed E-state index contributed by atoms with van der Waals surface area (Å²) in [5.41, 5.74) is 0.869. The van der Waals surface area contributed by atoms with Crippen molar-refractivity contribution in [1.29, 1.82) is 0 Å². The van der Waals surface area contributed by atoms with Gasteiger partial charge in [0.1, 0.15) is 6.10 Å². The smallest absolute Gasteiger partial charge is 0.158 e. The highest BCUT2D eigenvalue weighted by Crippen LogP contribution is 2.73. The number of ether oxygens (including phenoxy) is 1. The minimum atomic E-state index is -1.25. The molecule has 4 aliphatic carbocycles. The predicted molar refractivity (Wildman–Crippen MR) is 132 cm³/mol.